The zero-order valence-electron chi connectivity index (χ0n) is 16.6. The summed E-state index contributed by atoms with van der Waals surface area (Å²) in [6, 6.07) is 24.2. The molecule has 4 aromatic rings. The van der Waals surface area contributed by atoms with Crippen molar-refractivity contribution in [2.75, 3.05) is 5.32 Å². The van der Waals surface area contributed by atoms with Crippen molar-refractivity contribution in [3.05, 3.63) is 109 Å². The molecule has 0 atom stereocenters. The van der Waals surface area contributed by atoms with Crippen LogP contribution in [0.5, 0.6) is 0 Å². The summed E-state index contributed by atoms with van der Waals surface area (Å²) < 4.78 is 1.10. The maximum atomic E-state index is 13.1. The van der Waals surface area contributed by atoms with Crippen LogP contribution in [-0.2, 0) is 0 Å². The number of rotatable bonds is 4. The molecule has 0 aliphatic heterocycles. The second-order valence-electron chi connectivity index (χ2n) is 7.13. The van der Waals surface area contributed by atoms with Gasteiger partial charge in [-0.2, -0.15) is 0 Å². The lowest BCUT2D eigenvalue weighted by atomic mass is 9.97. The van der Waals surface area contributed by atoms with E-state index in [1.807, 2.05) is 61.5 Å². The van der Waals surface area contributed by atoms with Gasteiger partial charge in [-0.15, -0.1) is 0 Å². The minimum absolute atomic E-state index is 0.0630. The molecule has 154 valence electrons. The van der Waals surface area contributed by atoms with Crippen molar-refractivity contribution in [3.8, 4) is 22.4 Å². The molecule has 0 spiro atoms. The zero-order valence-corrected chi connectivity index (χ0v) is 19.5. The Balaban J connectivity index is 1.83. The Bertz CT molecular complexity index is 1300. The third-order valence-corrected chi connectivity index (χ3v) is 5.85. The first kappa shape index (κ1) is 21.3. The topological polar surface area (TPSA) is 62.0 Å². The summed E-state index contributed by atoms with van der Waals surface area (Å²) in [5.41, 5.74) is 4.17. The second kappa shape index (κ2) is 9.08. The zero-order chi connectivity index (χ0) is 22.0. The molecule has 3 aromatic carbocycles. The molecule has 0 aliphatic rings. The van der Waals surface area contributed by atoms with Gasteiger partial charge in [0.25, 0.3) is 11.5 Å². The van der Waals surface area contributed by atoms with Gasteiger partial charge in [-0.1, -0.05) is 53.6 Å². The van der Waals surface area contributed by atoms with E-state index < -0.39 is 11.5 Å². The van der Waals surface area contributed by atoms with E-state index in [1.165, 1.54) is 0 Å². The normalized spacial score (nSPS) is 10.7. The summed E-state index contributed by atoms with van der Waals surface area (Å²) in [6.45, 7) is 1.99. The summed E-state index contributed by atoms with van der Waals surface area (Å²) in [5.74, 6) is -0.478. The van der Waals surface area contributed by atoms with E-state index in [-0.39, 0.29) is 5.56 Å². The van der Waals surface area contributed by atoms with Gasteiger partial charge >= 0.3 is 0 Å². The lowest BCUT2D eigenvalue weighted by Gasteiger charge is -2.13. The summed E-state index contributed by atoms with van der Waals surface area (Å²) in [4.78, 5) is 29.1. The van der Waals surface area contributed by atoms with Crippen molar-refractivity contribution in [3.63, 3.8) is 0 Å². The van der Waals surface area contributed by atoms with Gasteiger partial charge in [-0.25, -0.2) is 0 Å². The quantitative estimate of drug-likeness (QED) is 0.289. The Morgan fingerprint density at radius 2 is 1.52 bits per heavy atom. The Morgan fingerprint density at radius 1 is 0.903 bits per heavy atom. The van der Waals surface area contributed by atoms with Crippen LogP contribution in [0.2, 0.25) is 5.02 Å². The SMILES string of the molecule is Cc1ccc(-c2cc(-c3ccc(I)cc3)[nH]c(=O)c2C(=O)Nc2ccc(Cl)cc2)cc1. The van der Waals surface area contributed by atoms with Crippen molar-refractivity contribution in [1.82, 2.24) is 4.98 Å². The van der Waals surface area contributed by atoms with Crippen molar-refractivity contribution >= 4 is 45.8 Å². The highest BCUT2D eigenvalue weighted by Crippen LogP contribution is 2.28. The van der Waals surface area contributed by atoms with Gasteiger partial charge in [0.1, 0.15) is 5.56 Å². The summed E-state index contributed by atoms with van der Waals surface area (Å²) in [5, 5.41) is 3.36. The van der Waals surface area contributed by atoms with E-state index in [0.29, 0.717) is 22.0 Å². The number of anilines is 1. The predicted octanol–water partition coefficient (Wildman–Crippen LogP) is 6.53. The molecular weight excluding hydrogens is 523 g/mol. The molecule has 0 saturated heterocycles. The highest BCUT2D eigenvalue weighted by atomic mass is 127. The first-order chi connectivity index (χ1) is 14.9. The van der Waals surface area contributed by atoms with Crippen LogP contribution in [-0.4, -0.2) is 10.9 Å². The third-order valence-electron chi connectivity index (χ3n) is 4.88. The minimum Gasteiger partial charge on any atom is -0.322 e. The molecule has 6 heteroatoms. The number of H-pyrrole nitrogens is 1. The van der Waals surface area contributed by atoms with Crippen molar-refractivity contribution in [2.24, 2.45) is 0 Å². The lowest BCUT2D eigenvalue weighted by Crippen LogP contribution is -2.25. The smallest absolute Gasteiger partial charge is 0.261 e. The van der Waals surface area contributed by atoms with Gasteiger partial charge in [-0.3, -0.25) is 9.59 Å². The molecule has 1 aromatic heterocycles. The van der Waals surface area contributed by atoms with E-state index in [2.05, 4.69) is 32.9 Å². The van der Waals surface area contributed by atoms with Gasteiger partial charge in [0.15, 0.2) is 0 Å². The number of carbonyl (C=O) groups is 1. The summed E-state index contributed by atoms with van der Waals surface area (Å²) >= 11 is 8.16. The van der Waals surface area contributed by atoms with Gasteiger partial charge in [0.05, 0.1) is 0 Å². The van der Waals surface area contributed by atoms with E-state index in [1.54, 1.807) is 24.3 Å². The maximum Gasteiger partial charge on any atom is 0.261 e. The summed E-state index contributed by atoms with van der Waals surface area (Å²) in [6.07, 6.45) is 0. The van der Waals surface area contributed by atoms with Gasteiger partial charge < -0.3 is 10.3 Å². The number of carbonyl (C=O) groups excluding carboxylic acids is 1. The minimum atomic E-state index is -0.478. The van der Waals surface area contributed by atoms with E-state index >= 15 is 0 Å². The summed E-state index contributed by atoms with van der Waals surface area (Å²) in [7, 11) is 0. The first-order valence-electron chi connectivity index (χ1n) is 9.58. The number of nitrogens with one attached hydrogen (secondary N) is 2. The van der Waals surface area contributed by atoms with Gasteiger partial charge in [-0.05, 0) is 83.1 Å². The Morgan fingerprint density at radius 3 is 2.16 bits per heavy atom. The largest absolute Gasteiger partial charge is 0.322 e. The molecule has 31 heavy (non-hydrogen) atoms. The molecule has 0 aliphatic carbocycles. The molecule has 1 heterocycles. The Kier molecular flexibility index (Phi) is 6.25. The molecule has 0 radical (unpaired) electrons. The molecule has 1 amide bonds. The second-order valence-corrected chi connectivity index (χ2v) is 8.82. The average molecular weight is 541 g/mol. The van der Waals surface area contributed by atoms with Crippen LogP contribution in [0.4, 0.5) is 5.69 Å². The van der Waals surface area contributed by atoms with Crippen LogP contribution < -0.4 is 10.9 Å². The fourth-order valence-electron chi connectivity index (χ4n) is 3.26. The van der Waals surface area contributed by atoms with Crippen molar-refractivity contribution < 1.29 is 4.79 Å². The molecule has 4 nitrogen and oxygen atoms in total. The van der Waals surface area contributed by atoms with Crippen LogP contribution in [0.15, 0.2) is 83.7 Å². The number of hydrogen-bond donors (Lipinski definition) is 2. The van der Waals surface area contributed by atoms with E-state index in [9.17, 15) is 9.59 Å². The first-order valence-corrected chi connectivity index (χ1v) is 11.0. The highest BCUT2D eigenvalue weighted by molar-refractivity contribution is 14.1. The number of halogens is 2. The van der Waals surface area contributed by atoms with E-state index in [0.717, 1.165) is 20.3 Å². The molecule has 4 rings (SSSR count). The van der Waals surface area contributed by atoms with Gasteiger partial charge in [0, 0.05) is 25.5 Å². The molecule has 0 bridgehead atoms. The van der Waals surface area contributed by atoms with Crippen molar-refractivity contribution in [2.45, 2.75) is 6.92 Å². The van der Waals surface area contributed by atoms with Crippen LogP contribution >= 0.6 is 34.2 Å². The number of aromatic amines is 1. The monoisotopic (exact) mass is 540 g/mol. The van der Waals surface area contributed by atoms with Gasteiger partial charge in [0.2, 0.25) is 0 Å². The van der Waals surface area contributed by atoms with E-state index in [4.69, 9.17) is 11.6 Å². The van der Waals surface area contributed by atoms with Crippen molar-refractivity contribution in [1.29, 1.82) is 0 Å². The molecule has 0 saturated carbocycles. The van der Waals surface area contributed by atoms with Crippen LogP contribution in [0, 0.1) is 10.5 Å². The Labute approximate surface area is 198 Å². The molecule has 0 fully saturated rings. The number of pyridine rings is 1. The molecule has 0 unspecified atom stereocenters. The number of aromatic nitrogens is 1. The number of amides is 1. The molecular formula is C25H18ClIN2O2. The standard InChI is InChI=1S/C25H18ClIN2O2/c1-15-2-4-16(5-3-15)21-14-22(17-6-10-19(27)11-7-17)29-25(31)23(21)24(30)28-20-12-8-18(26)9-13-20/h2-14H,1H3,(H,28,30)(H,29,31). The van der Waals surface area contributed by atoms with Crippen LogP contribution in [0.3, 0.4) is 0 Å². The fraction of sp³-hybridized carbons (Fsp3) is 0.0400. The number of hydrogen-bond acceptors (Lipinski definition) is 2. The predicted molar refractivity (Wildman–Crippen MR) is 135 cm³/mol. The van der Waals surface area contributed by atoms with Crippen LogP contribution in [0.1, 0.15) is 15.9 Å². The third kappa shape index (κ3) is 4.89. The fourth-order valence-corrected chi connectivity index (χ4v) is 3.74. The highest BCUT2D eigenvalue weighted by Gasteiger charge is 2.19. The average Bonchev–Trinajstić information content (AvgIpc) is 2.76. The maximum absolute atomic E-state index is 13.1. The van der Waals surface area contributed by atoms with Crippen LogP contribution in [0.25, 0.3) is 22.4 Å². The number of benzene rings is 3. The molecule has 2 N–H and O–H groups in total. The number of aryl methyl sites for hydroxylation is 1. The lowest BCUT2D eigenvalue weighted by molar-refractivity contribution is 0.102. The Hall–Kier alpha value is -2.90.